The number of nitrogens with zero attached hydrogens (tertiary/aromatic N) is 1. The minimum absolute atomic E-state index is 0.216. The Bertz CT molecular complexity index is 779. The van der Waals surface area contributed by atoms with Crippen LogP contribution >= 0.6 is 22.7 Å². The average Bonchev–Trinajstić information content (AvgIpc) is 3.14. The van der Waals surface area contributed by atoms with Gasteiger partial charge in [0.05, 0.1) is 23.5 Å². The summed E-state index contributed by atoms with van der Waals surface area (Å²) in [7, 11) is 3.28. The molecule has 0 saturated carbocycles. The van der Waals surface area contributed by atoms with Gasteiger partial charge in [0.15, 0.2) is 0 Å². The van der Waals surface area contributed by atoms with E-state index >= 15 is 0 Å². The Morgan fingerprint density at radius 1 is 1.28 bits per heavy atom. The molecule has 25 heavy (non-hydrogen) atoms. The van der Waals surface area contributed by atoms with Gasteiger partial charge in [-0.1, -0.05) is 6.07 Å². The van der Waals surface area contributed by atoms with E-state index in [1.165, 1.54) is 16.2 Å². The van der Waals surface area contributed by atoms with E-state index in [1.54, 1.807) is 27.9 Å². The Morgan fingerprint density at radius 3 is 2.56 bits per heavy atom. The molecule has 0 aliphatic carbocycles. The molecular weight excluding hydrogens is 360 g/mol. The molecule has 0 unspecified atom stereocenters. The van der Waals surface area contributed by atoms with Gasteiger partial charge in [-0.15, -0.1) is 22.7 Å². The second-order valence-corrected chi connectivity index (χ2v) is 7.54. The van der Waals surface area contributed by atoms with Crippen molar-refractivity contribution in [1.82, 2.24) is 4.90 Å². The summed E-state index contributed by atoms with van der Waals surface area (Å²) in [6.07, 6.45) is 0.216. The third kappa shape index (κ3) is 4.46. The van der Waals surface area contributed by atoms with Crippen LogP contribution in [0.3, 0.4) is 0 Å². The Morgan fingerprint density at radius 2 is 2.00 bits per heavy atom. The summed E-state index contributed by atoms with van der Waals surface area (Å²) in [5.74, 6) is -0.995. The van der Waals surface area contributed by atoms with Crippen LogP contribution in [0.15, 0.2) is 17.5 Å². The minimum atomic E-state index is -0.541. The number of hydrogen-bond donors (Lipinski definition) is 1. The lowest BCUT2D eigenvalue weighted by Crippen LogP contribution is -2.21. The van der Waals surface area contributed by atoms with Crippen molar-refractivity contribution in [3.8, 4) is 0 Å². The normalized spacial score (nSPS) is 10.4. The van der Waals surface area contributed by atoms with Gasteiger partial charge in [-0.3, -0.25) is 9.59 Å². The van der Waals surface area contributed by atoms with Crippen molar-refractivity contribution in [2.24, 2.45) is 0 Å². The van der Waals surface area contributed by atoms with E-state index in [-0.39, 0.29) is 30.4 Å². The molecule has 0 aromatic carbocycles. The van der Waals surface area contributed by atoms with Crippen molar-refractivity contribution in [1.29, 1.82) is 0 Å². The van der Waals surface area contributed by atoms with E-state index in [0.717, 1.165) is 16.2 Å². The highest BCUT2D eigenvalue weighted by molar-refractivity contribution is 7.18. The van der Waals surface area contributed by atoms with Gasteiger partial charge >= 0.3 is 5.97 Å². The Kier molecular flexibility index (Phi) is 6.33. The fourth-order valence-corrected chi connectivity index (χ4v) is 4.14. The smallest absolute Gasteiger partial charge is 0.341 e. The van der Waals surface area contributed by atoms with Crippen LogP contribution in [0.25, 0.3) is 0 Å². The fraction of sp³-hybridized carbons (Fsp3) is 0.353. The summed E-state index contributed by atoms with van der Waals surface area (Å²) < 4.78 is 5.08. The van der Waals surface area contributed by atoms with E-state index in [2.05, 4.69) is 5.32 Å². The van der Waals surface area contributed by atoms with E-state index < -0.39 is 5.97 Å². The predicted molar refractivity (Wildman–Crippen MR) is 99.7 cm³/mol. The SMILES string of the molecule is CCOC(=O)c1c(NC(=O)Cc2cccs2)sc(C(=O)N(C)C)c1C. The van der Waals surface area contributed by atoms with Crippen LogP contribution in [0.1, 0.15) is 37.4 Å². The van der Waals surface area contributed by atoms with E-state index in [4.69, 9.17) is 4.74 Å². The Hall–Kier alpha value is -2.19. The number of ether oxygens (including phenoxy) is 1. The molecule has 0 radical (unpaired) electrons. The van der Waals surface area contributed by atoms with Crippen molar-refractivity contribution < 1.29 is 19.1 Å². The molecular formula is C17H20N2O4S2. The van der Waals surface area contributed by atoms with Gasteiger partial charge in [0, 0.05) is 19.0 Å². The second-order valence-electron chi connectivity index (χ2n) is 5.48. The number of amides is 2. The molecule has 6 nitrogen and oxygen atoms in total. The lowest BCUT2D eigenvalue weighted by molar-refractivity contribution is -0.115. The number of hydrogen-bond acceptors (Lipinski definition) is 6. The van der Waals surface area contributed by atoms with Crippen molar-refractivity contribution in [3.63, 3.8) is 0 Å². The van der Waals surface area contributed by atoms with Crippen LogP contribution in [-0.2, 0) is 16.0 Å². The third-order valence-corrected chi connectivity index (χ3v) is 5.47. The monoisotopic (exact) mass is 380 g/mol. The Labute approximate surface area is 154 Å². The predicted octanol–water partition coefficient (Wildman–Crippen LogP) is 3.18. The number of esters is 1. The highest BCUT2D eigenvalue weighted by Gasteiger charge is 2.27. The van der Waals surface area contributed by atoms with E-state index in [1.807, 2.05) is 17.5 Å². The van der Waals surface area contributed by atoms with Gasteiger partial charge in [0.2, 0.25) is 5.91 Å². The molecule has 0 aliphatic rings. The molecule has 0 aliphatic heterocycles. The number of nitrogens with one attached hydrogen (secondary N) is 1. The van der Waals surface area contributed by atoms with Gasteiger partial charge < -0.3 is 15.0 Å². The van der Waals surface area contributed by atoms with Crippen molar-refractivity contribution in [2.45, 2.75) is 20.3 Å². The number of carbonyl (C=O) groups is 3. The zero-order valence-electron chi connectivity index (χ0n) is 14.5. The van der Waals surface area contributed by atoms with Gasteiger partial charge in [0.1, 0.15) is 5.00 Å². The Balaban J connectivity index is 2.33. The third-order valence-electron chi connectivity index (χ3n) is 3.39. The second kappa shape index (κ2) is 8.26. The molecule has 2 aromatic rings. The molecule has 2 aromatic heterocycles. The van der Waals surface area contributed by atoms with Gasteiger partial charge in [-0.05, 0) is 30.9 Å². The first-order chi connectivity index (χ1) is 11.8. The highest BCUT2D eigenvalue weighted by Crippen LogP contribution is 2.34. The van der Waals surface area contributed by atoms with Gasteiger partial charge in [-0.25, -0.2) is 4.79 Å². The zero-order valence-corrected chi connectivity index (χ0v) is 16.2. The lowest BCUT2D eigenvalue weighted by atomic mass is 10.1. The van der Waals surface area contributed by atoms with Crippen molar-refractivity contribution >= 4 is 45.5 Å². The van der Waals surface area contributed by atoms with Crippen LogP contribution in [0.2, 0.25) is 0 Å². The molecule has 2 heterocycles. The van der Waals surface area contributed by atoms with Crippen LogP contribution in [0.5, 0.6) is 0 Å². The van der Waals surface area contributed by atoms with Crippen LogP contribution in [-0.4, -0.2) is 43.4 Å². The largest absolute Gasteiger partial charge is 0.462 e. The summed E-state index contributed by atoms with van der Waals surface area (Å²) in [4.78, 5) is 39.7. The molecule has 0 atom stereocenters. The van der Waals surface area contributed by atoms with Crippen molar-refractivity contribution in [2.75, 3.05) is 26.0 Å². The summed E-state index contributed by atoms with van der Waals surface area (Å²) in [5.41, 5.74) is 0.769. The van der Waals surface area contributed by atoms with Gasteiger partial charge in [0.25, 0.3) is 5.91 Å². The van der Waals surface area contributed by atoms with Crippen LogP contribution < -0.4 is 5.32 Å². The number of carbonyl (C=O) groups excluding carboxylic acids is 3. The standard InChI is InChI=1S/C17H20N2O4S2/c1-5-23-17(22)13-10(2)14(16(21)19(3)4)25-15(13)18-12(20)9-11-7-6-8-24-11/h6-8H,5,9H2,1-4H3,(H,18,20). The lowest BCUT2D eigenvalue weighted by Gasteiger charge is -2.09. The molecule has 8 heteroatoms. The number of thiophene rings is 2. The summed E-state index contributed by atoms with van der Waals surface area (Å²) in [6, 6.07) is 3.75. The summed E-state index contributed by atoms with van der Waals surface area (Å²) in [6.45, 7) is 3.61. The topological polar surface area (TPSA) is 75.7 Å². The summed E-state index contributed by atoms with van der Waals surface area (Å²) in [5, 5.41) is 5.01. The molecule has 0 fully saturated rings. The fourth-order valence-electron chi connectivity index (χ4n) is 2.20. The van der Waals surface area contributed by atoms with E-state index in [9.17, 15) is 14.4 Å². The highest BCUT2D eigenvalue weighted by atomic mass is 32.1. The average molecular weight is 380 g/mol. The van der Waals surface area contributed by atoms with Crippen LogP contribution in [0.4, 0.5) is 5.00 Å². The quantitative estimate of drug-likeness (QED) is 0.781. The maximum atomic E-state index is 12.3. The summed E-state index contributed by atoms with van der Waals surface area (Å²) >= 11 is 2.58. The van der Waals surface area contributed by atoms with Crippen LogP contribution in [0, 0.1) is 6.92 Å². The van der Waals surface area contributed by atoms with Gasteiger partial charge in [-0.2, -0.15) is 0 Å². The molecule has 0 saturated heterocycles. The zero-order chi connectivity index (χ0) is 18.6. The maximum absolute atomic E-state index is 12.3. The first-order valence-electron chi connectivity index (χ1n) is 7.69. The molecule has 2 amide bonds. The van der Waals surface area contributed by atoms with Crippen molar-refractivity contribution in [3.05, 3.63) is 38.4 Å². The first-order valence-corrected chi connectivity index (χ1v) is 9.39. The maximum Gasteiger partial charge on any atom is 0.341 e. The molecule has 2 rings (SSSR count). The molecule has 0 bridgehead atoms. The number of rotatable bonds is 6. The molecule has 0 spiro atoms. The molecule has 1 N–H and O–H groups in total. The minimum Gasteiger partial charge on any atom is -0.462 e. The first kappa shape index (κ1) is 19.1. The molecule has 134 valence electrons. The van der Waals surface area contributed by atoms with E-state index in [0.29, 0.717) is 15.4 Å². The number of anilines is 1.